The van der Waals surface area contributed by atoms with Crippen LogP contribution in [-0.4, -0.2) is 15.0 Å². The summed E-state index contributed by atoms with van der Waals surface area (Å²) in [5.74, 6) is 0.0898. The van der Waals surface area contributed by atoms with Crippen LogP contribution in [0.4, 0.5) is 4.39 Å². The molecule has 2 heterocycles. The third-order valence-corrected chi connectivity index (χ3v) is 2.98. The Hall–Kier alpha value is -1.55. The van der Waals surface area contributed by atoms with Crippen LogP contribution in [0.25, 0.3) is 11.3 Å². The fourth-order valence-corrected chi connectivity index (χ4v) is 1.91. The molecular weight excluding hydrogens is 241 g/mol. The molecule has 0 aromatic carbocycles. The number of hydrogen-bond donors (Lipinski definition) is 0. The number of nitrogens with zero attached hydrogens (tertiary/aromatic N) is 3. The second kappa shape index (κ2) is 4.04. The van der Waals surface area contributed by atoms with Gasteiger partial charge in [-0.25, -0.2) is 14.4 Å². The van der Waals surface area contributed by atoms with Crippen LogP contribution in [0.2, 0.25) is 5.28 Å². The normalized spacial score (nSPS) is 14.9. The van der Waals surface area contributed by atoms with Gasteiger partial charge in [-0.2, -0.15) is 0 Å². The molecule has 0 N–H and O–H groups in total. The minimum absolute atomic E-state index is 0.0400. The van der Waals surface area contributed by atoms with Crippen molar-refractivity contribution in [1.82, 2.24) is 15.0 Å². The molecule has 2 aromatic heterocycles. The van der Waals surface area contributed by atoms with E-state index in [1.807, 2.05) is 12.3 Å². The van der Waals surface area contributed by atoms with E-state index >= 15 is 0 Å². The van der Waals surface area contributed by atoms with Gasteiger partial charge in [-0.15, -0.1) is 0 Å². The van der Waals surface area contributed by atoms with E-state index in [-0.39, 0.29) is 11.0 Å². The third kappa shape index (κ3) is 2.13. The number of hydrogen-bond acceptors (Lipinski definition) is 3. The first-order valence-corrected chi connectivity index (χ1v) is 5.75. The SMILES string of the molecule is Fc1cnc(Cl)nc1-c1cncc(C2CC2)c1. The van der Waals surface area contributed by atoms with Crippen LogP contribution in [0.5, 0.6) is 0 Å². The fourth-order valence-electron chi connectivity index (χ4n) is 1.78. The van der Waals surface area contributed by atoms with Crippen molar-refractivity contribution >= 4 is 11.6 Å². The Balaban J connectivity index is 2.07. The quantitative estimate of drug-likeness (QED) is 0.767. The molecule has 0 saturated heterocycles. The second-order valence-corrected chi connectivity index (χ2v) is 4.45. The maximum atomic E-state index is 13.6. The van der Waals surface area contributed by atoms with Crippen molar-refractivity contribution in [2.24, 2.45) is 0 Å². The molecule has 0 aliphatic heterocycles. The van der Waals surface area contributed by atoms with E-state index in [9.17, 15) is 4.39 Å². The van der Waals surface area contributed by atoms with Crippen molar-refractivity contribution in [3.63, 3.8) is 0 Å². The predicted molar refractivity (Wildman–Crippen MR) is 62.2 cm³/mol. The number of rotatable bonds is 2. The Morgan fingerprint density at radius 3 is 2.82 bits per heavy atom. The van der Waals surface area contributed by atoms with Gasteiger partial charge in [-0.1, -0.05) is 0 Å². The van der Waals surface area contributed by atoms with Gasteiger partial charge in [0.2, 0.25) is 5.28 Å². The van der Waals surface area contributed by atoms with E-state index in [0.717, 1.165) is 11.8 Å². The Labute approximate surface area is 103 Å². The van der Waals surface area contributed by atoms with E-state index in [0.29, 0.717) is 11.5 Å². The lowest BCUT2D eigenvalue weighted by Gasteiger charge is -2.04. The zero-order valence-electron chi connectivity index (χ0n) is 8.90. The highest BCUT2D eigenvalue weighted by Gasteiger charge is 2.24. The molecule has 1 aliphatic rings. The summed E-state index contributed by atoms with van der Waals surface area (Å²) in [5.41, 5.74) is 1.99. The highest BCUT2D eigenvalue weighted by molar-refractivity contribution is 6.28. The molecule has 0 radical (unpaired) electrons. The summed E-state index contributed by atoms with van der Waals surface area (Å²) < 4.78 is 13.6. The minimum Gasteiger partial charge on any atom is -0.264 e. The van der Waals surface area contributed by atoms with E-state index in [1.165, 1.54) is 12.8 Å². The summed E-state index contributed by atoms with van der Waals surface area (Å²) in [7, 11) is 0. The summed E-state index contributed by atoms with van der Waals surface area (Å²) in [4.78, 5) is 11.6. The smallest absolute Gasteiger partial charge is 0.223 e. The number of aromatic nitrogens is 3. The molecule has 86 valence electrons. The fraction of sp³-hybridized carbons (Fsp3) is 0.250. The van der Waals surface area contributed by atoms with Crippen molar-refractivity contribution in [2.75, 3.05) is 0 Å². The van der Waals surface area contributed by atoms with Crippen LogP contribution < -0.4 is 0 Å². The largest absolute Gasteiger partial charge is 0.264 e. The second-order valence-electron chi connectivity index (χ2n) is 4.12. The Bertz CT molecular complexity index is 569. The van der Waals surface area contributed by atoms with Gasteiger partial charge in [-0.05, 0) is 42.0 Å². The molecule has 0 atom stereocenters. The molecular formula is C12H9ClFN3. The average molecular weight is 250 g/mol. The van der Waals surface area contributed by atoms with Gasteiger partial charge in [0.25, 0.3) is 0 Å². The summed E-state index contributed by atoms with van der Waals surface area (Å²) in [6, 6.07) is 1.92. The molecule has 0 unspecified atom stereocenters. The molecule has 1 aliphatic carbocycles. The maximum absolute atomic E-state index is 13.6. The molecule has 2 aromatic rings. The van der Waals surface area contributed by atoms with Crippen LogP contribution in [0.1, 0.15) is 24.3 Å². The predicted octanol–water partition coefficient (Wildman–Crippen LogP) is 3.21. The van der Waals surface area contributed by atoms with Crippen LogP contribution in [0.3, 0.4) is 0 Å². The van der Waals surface area contributed by atoms with Gasteiger partial charge >= 0.3 is 0 Å². The number of halogens is 2. The van der Waals surface area contributed by atoms with Gasteiger partial charge in [-0.3, -0.25) is 4.98 Å². The Morgan fingerprint density at radius 2 is 2.06 bits per heavy atom. The third-order valence-electron chi connectivity index (χ3n) is 2.80. The van der Waals surface area contributed by atoms with Gasteiger partial charge in [0.15, 0.2) is 5.82 Å². The van der Waals surface area contributed by atoms with Crippen molar-refractivity contribution in [1.29, 1.82) is 0 Å². The standard InChI is InChI=1S/C12H9ClFN3/c13-12-16-6-10(14)11(17-12)9-3-8(4-15-5-9)7-1-2-7/h3-7H,1-2H2. The zero-order valence-corrected chi connectivity index (χ0v) is 9.65. The lowest BCUT2D eigenvalue weighted by Crippen LogP contribution is -1.94. The first kappa shape index (κ1) is 10.6. The summed E-state index contributed by atoms with van der Waals surface area (Å²) in [6.45, 7) is 0. The molecule has 3 rings (SSSR count). The monoisotopic (exact) mass is 249 g/mol. The minimum atomic E-state index is -0.482. The molecule has 3 nitrogen and oxygen atoms in total. The number of pyridine rings is 1. The zero-order chi connectivity index (χ0) is 11.8. The molecule has 1 fully saturated rings. The van der Waals surface area contributed by atoms with Crippen LogP contribution in [0.15, 0.2) is 24.7 Å². The summed E-state index contributed by atoms with van der Waals surface area (Å²) >= 11 is 5.67. The van der Waals surface area contributed by atoms with Crippen molar-refractivity contribution in [3.05, 3.63) is 41.3 Å². The molecule has 1 saturated carbocycles. The highest BCUT2D eigenvalue weighted by atomic mass is 35.5. The summed E-state index contributed by atoms with van der Waals surface area (Å²) in [5, 5.41) is 0.0400. The Kier molecular flexibility index (Phi) is 2.52. The summed E-state index contributed by atoms with van der Waals surface area (Å²) in [6.07, 6.45) is 6.85. The lowest BCUT2D eigenvalue weighted by atomic mass is 10.1. The van der Waals surface area contributed by atoms with Gasteiger partial charge in [0.1, 0.15) is 5.69 Å². The topological polar surface area (TPSA) is 38.7 Å². The van der Waals surface area contributed by atoms with Crippen LogP contribution in [-0.2, 0) is 0 Å². The van der Waals surface area contributed by atoms with E-state index in [2.05, 4.69) is 15.0 Å². The van der Waals surface area contributed by atoms with Crippen molar-refractivity contribution in [2.45, 2.75) is 18.8 Å². The van der Waals surface area contributed by atoms with Gasteiger partial charge in [0.05, 0.1) is 6.20 Å². The van der Waals surface area contributed by atoms with E-state index in [1.54, 1.807) is 6.20 Å². The molecule has 0 spiro atoms. The average Bonchev–Trinajstić information content (AvgIpc) is 3.17. The van der Waals surface area contributed by atoms with Crippen molar-refractivity contribution in [3.8, 4) is 11.3 Å². The highest BCUT2D eigenvalue weighted by Crippen LogP contribution is 2.40. The van der Waals surface area contributed by atoms with Gasteiger partial charge < -0.3 is 0 Å². The molecule has 17 heavy (non-hydrogen) atoms. The first-order valence-electron chi connectivity index (χ1n) is 5.37. The molecule has 0 amide bonds. The lowest BCUT2D eigenvalue weighted by molar-refractivity contribution is 0.618. The van der Waals surface area contributed by atoms with Gasteiger partial charge in [0, 0.05) is 18.0 Å². The van der Waals surface area contributed by atoms with E-state index in [4.69, 9.17) is 11.6 Å². The Morgan fingerprint density at radius 1 is 1.24 bits per heavy atom. The molecule has 5 heteroatoms. The first-order chi connectivity index (χ1) is 8.24. The van der Waals surface area contributed by atoms with Crippen LogP contribution >= 0.6 is 11.6 Å². The van der Waals surface area contributed by atoms with E-state index < -0.39 is 5.82 Å². The maximum Gasteiger partial charge on any atom is 0.223 e. The van der Waals surface area contributed by atoms with Crippen LogP contribution in [0, 0.1) is 5.82 Å². The van der Waals surface area contributed by atoms with Crippen molar-refractivity contribution < 1.29 is 4.39 Å². The molecule has 0 bridgehead atoms.